The van der Waals surface area contributed by atoms with Crippen molar-refractivity contribution in [3.8, 4) is 11.4 Å². The van der Waals surface area contributed by atoms with Gasteiger partial charge in [-0.15, -0.1) is 0 Å². The Morgan fingerprint density at radius 2 is 1.68 bits per heavy atom. The van der Waals surface area contributed by atoms with Gasteiger partial charge in [-0.05, 0) is 30.5 Å². The van der Waals surface area contributed by atoms with Crippen LogP contribution in [0.2, 0.25) is 10.3 Å². The van der Waals surface area contributed by atoms with Gasteiger partial charge in [0.2, 0.25) is 0 Å². The molecule has 0 aliphatic heterocycles. The maximum atomic E-state index is 6.21. The number of aryl methyl sites for hydroxylation is 1. The molecule has 5 heteroatoms. The van der Waals surface area contributed by atoms with Gasteiger partial charge < -0.3 is 0 Å². The zero-order valence-electron chi connectivity index (χ0n) is 10.8. The summed E-state index contributed by atoms with van der Waals surface area (Å²) in [5.41, 5.74) is 2.83. The third-order valence-electron chi connectivity index (χ3n) is 2.80. The molecule has 1 aromatic heterocycles. The van der Waals surface area contributed by atoms with Crippen molar-refractivity contribution in [2.75, 3.05) is 0 Å². The minimum atomic E-state index is 0.190. The highest BCUT2D eigenvalue weighted by Crippen LogP contribution is 2.33. The molecule has 0 aliphatic rings. The zero-order chi connectivity index (χ0) is 14.2. The maximum absolute atomic E-state index is 6.21. The van der Waals surface area contributed by atoms with E-state index in [1.165, 1.54) is 0 Å². The average Bonchev–Trinajstić information content (AvgIpc) is 2.26. The fourth-order valence-electron chi connectivity index (χ4n) is 1.81. The lowest BCUT2D eigenvalue weighted by Gasteiger charge is -2.12. The molecule has 19 heavy (non-hydrogen) atoms. The van der Waals surface area contributed by atoms with Gasteiger partial charge in [-0.25, -0.2) is 9.97 Å². The molecule has 2 aromatic rings. The molecule has 2 nitrogen and oxygen atoms in total. The Labute approximate surface area is 131 Å². The molecule has 0 saturated carbocycles. The molecule has 1 heterocycles. The first-order valence-corrected chi connectivity index (χ1v) is 7.44. The third-order valence-corrected chi connectivity index (χ3v) is 4.03. The minimum absolute atomic E-state index is 0.190. The second kappa shape index (κ2) is 5.78. The summed E-state index contributed by atoms with van der Waals surface area (Å²) >= 11 is 15.9. The summed E-state index contributed by atoms with van der Waals surface area (Å²) in [4.78, 5) is 8.71. The van der Waals surface area contributed by atoms with Crippen molar-refractivity contribution in [3.05, 3.63) is 44.1 Å². The molecule has 2 rings (SSSR count). The number of nitrogens with zero attached hydrogens (tertiary/aromatic N) is 2. The van der Waals surface area contributed by atoms with E-state index in [2.05, 4.69) is 25.9 Å². The monoisotopic (exact) mass is 358 g/mol. The quantitative estimate of drug-likeness (QED) is 0.648. The largest absolute Gasteiger partial charge is 0.216 e. The molecular weight excluding hydrogens is 347 g/mol. The van der Waals surface area contributed by atoms with E-state index in [1.54, 1.807) is 0 Å². The molecule has 0 amide bonds. The number of hydrogen-bond acceptors (Lipinski definition) is 2. The molecule has 0 fully saturated rings. The van der Waals surface area contributed by atoms with Gasteiger partial charge in [0.05, 0.1) is 0 Å². The zero-order valence-corrected chi connectivity index (χ0v) is 13.9. The molecule has 0 unspecified atom stereocenters. The van der Waals surface area contributed by atoms with Gasteiger partial charge in [0, 0.05) is 15.6 Å². The third kappa shape index (κ3) is 3.10. The molecule has 100 valence electrons. The Morgan fingerprint density at radius 1 is 1.11 bits per heavy atom. The summed E-state index contributed by atoms with van der Waals surface area (Å²) in [7, 11) is 0. The van der Waals surface area contributed by atoms with Crippen molar-refractivity contribution in [2.45, 2.75) is 26.7 Å². The van der Waals surface area contributed by atoms with Crippen LogP contribution in [0.3, 0.4) is 0 Å². The van der Waals surface area contributed by atoms with Crippen molar-refractivity contribution in [3.63, 3.8) is 0 Å². The number of hydrogen-bond donors (Lipinski definition) is 0. The molecule has 0 radical (unpaired) electrons. The molecule has 0 spiro atoms. The number of aromatic nitrogens is 2. The second-order valence-electron chi connectivity index (χ2n) is 4.68. The van der Waals surface area contributed by atoms with E-state index in [4.69, 9.17) is 23.2 Å². The molecule has 0 aliphatic carbocycles. The lowest BCUT2D eigenvalue weighted by molar-refractivity contribution is 0.848. The van der Waals surface area contributed by atoms with Crippen LogP contribution >= 0.6 is 39.1 Å². The lowest BCUT2D eigenvalue weighted by Crippen LogP contribution is -1.99. The Hall–Kier alpha value is -0.640. The van der Waals surface area contributed by atoms with Gasteiger partial charge in [-0.2, -0.15) is 0 Å². The van der Waals surface area contributed by atoms with Gasteiger partial charge in [-0.3, -0.25) is 0 Å². The molecule has 0 N–H and O–H groups in total. The van der Waals surface area contributed by atoms with Crippen molar-refractivity contribution < 1.29 is 0 Å². The van der Waals surface area contributed by atoms with E-state index in [9.17, 15) is 0 Å². The van der Waals surface area contributed by atoms with Gasteiger partial charge in [0.25, 0.3) is 0 Å². The summed E-state index contributed by atoms with van der Waals surface area (Å²) in [6, 6.07) is 5.97. The maximum Gasteiger partial charge on any atom is 0.163 e. The first-order chi connectivity index (χ1) is 8.90. The standard InChI is InChI=1S/C14H13BrCl2N2/c1-7(2)11-12(16)18-14(19-13(11)17)9-5-4-8(3)6-10(9)15/h4-7H,1-3H3. The van der Waals surface area contributed by atoms with E-state index < -0.39 is 0 Å². The Kier molecular flexibility index (Phi) is 4.49. The molecule has 0 bridgehead atoms. The van der Waals surface area contributed by atoms with Crippen LogP contribution in [-0.4, -0.2) is 9.97 Å². The van der Waals surface area contributed by atoms with Gasteiger partial charge >= 0.3 is 0 Å². The molecule has 0 atom stereocenters. The van der Waals surface area contributed by atoms with Crippen molar-refractivity contribution in [2.24, 2.45) is 0 Å². The summed E-state index contributed by atoms with van der Waals surface area (Å²) in [6.07, 6.45) is 0. The van der Waals surface area contributed by atoms with Crippen LogP contribution in [0.25, 0.3) is 11.4 Å². The van der Waals surface area contributed by atoms with Crippen molar-refractivity contribution in [1.82, 2.24) is 9.97 Å². The average molecular weight is 360 g/mol. The first-order valence-electron chi connectivity index (χ1n) is 5.89. The topological polar surface area (TPSA) is 25.8 Å². The number of rotatable bonds is 2. The summed E-state index contributed by atoms with van der Waals surface area (Å²) in [5, 5.41) is 0.829. The van der Waals surface area contributed by atoms with Gasteiger partial charge in [0.15, 0.2) is 5.82 Å². The van der Waals surface area contributed by atoms with Crippen LogP contribution in [0.15, 0.2) is 22.7 Å². The van der Waals surface area contributed by atoms with Crippen LogP contribution in [0.4, 0.5) is 0 Å². The van der Waals surface area contributed by atoms with Crippen LogP contribution in [0, 0.1) is 6.92 Å². The molecule has 1 aromatic carbocycles. The fraction of sp³-hybridized carbons (Fsp3) is 0.286. The van der Waals surface area contributed by atoms with Crippen molar-refractivity contribution >= 4 is 39.1 Å². The number of benzene rings is 1. The van der Waals surface area contributed by atoms with Gasteiger partial charge in [0.1, 0.15) is 10.3 Å². The van der Waals surface area contributed by atoms with Gasteiger partial charge in [-0.1, -0.05) is 59.0 Å². The molecular formula is C14H13BrCl2N2. The molecule has 0 saturated heterocycles. The van der Waals surface area contributed by atoms with E-state index in [0.717, 1.165) is 21.2 Å². The van der Waals surface area contributed by atoms with E-state index in [1.807, 2.05) is 39.0 Å². The van der Waals surface area contributed by atoms with Crippen molar-refractivity contribution in [1.29, 1.82) is 0 Å². The normalized spacial score (nSPS) is 11.1. The highest BCUT2D eigenvalue weighted by atomic mass is 79.9. The smallest absolute Gasteiger partial charge is 0.163 e. The van der Waals surface area contributed by atoms with Crippen LogP contribution in [0.5, 0.6) is 0 Å². The van der Waals surface area contributed by atoms with E-state index in [0.29, 0.717) is 16.1 Å². The van der Waals surface area contributed by atoms with Crippen LogP contribution in [-0.2, 0) is 0 Å². The van der Waals surface area contributed by atoms with Crippen LogP contribution < -0.4 is 0 Å². The first kappa shape index (κ1) is 14.8. The summed E-state index contributed by atoms with van der Waals surface area (Å²) < 4.78 is 0.928. The van der Waals surface area contributed by atoms with Crippen LogP contribution in [0.1, 0.15) is 30.9 Å². The lowest BCUT2D eigenvalue weighted by atomic mass is 10.1. The predicted octanol–water partition coefficient (Wildman–Crippen LogP) is 5.64. The number of halogens is 3. The SMILES string of the molecule is Cc1ccc(-c2nc(Cl)c(C(C)C)c(Cl)n2)c(Br)c1. The minimum Gasteiger partial charge on any atom is -0.216 e. The Bertz CT molecular complexity index is 604. The highest BCUT2D eigenvalue weighted by molar-refractivity contribution is 9.10. The Morgan fingerprint density at radius 3 is 2.16 bits per heavy atom. The predicted molar refractivity (Wildman–Crippen MR) is 84.0 cm³/mol. The van der Waals surface area contributed by atoms with E-state index in [-0.39, 0.29) is 5.92 Å². The Balaban J connectivity index is 2.58. The summed E-state index contributed by atoms with van der Waals surface area (Å²) in [6.45, 7) is 6.05. The second-order valence-corrected chi connectivity index (χ2v) is 6.25. The fourth-order valence-corrected chi connectivity index (χ4v) is 3.31. The summed E-state index contributed by atoms with van der Waals surface area (Å²) in [5.74, 6) is 0.724. The highest BCUT2D eigenvalue weighted by Gasteiger charge is 2.16. The van der Waals surface area contributed by atoms with E-state index >= 15 is 0 Å².